The van der Waals surface area contributed by atoms with Gasteiger partial charge in [0.25, 0.3) is 0 Å². The third kappa shape index (κ3) is 3.37. The number of esters is 1. The van der Waals surface area contributed by atoms with E-state index >= 15 is 0 Å². The molecule has 4 aliphatic carbocycles. The standard InChI is InChI=1S/C21H28N2O3/c22-12-19(24)26-18(17-4-2-1-3-5-17)13-23-20(25)21-9-14-6-15(10-21)8-16(7-14)11-21/h1-5,14-16,18H,6-13,22H2,(H,23,25)/t14?,15?,16?,18-,21?/m1/s1. The fourth-order valence-corrected chi connectivity index (χ4v) is 5.86. The summed E-state index contributed by atoms with van der Waals surface area (Å²) < 4.78 is 5.48. The van der Waals surface area contributed by atoms with Crippen LogP contribution in [0, 0.1) is 23.2 Å². The molecule has 5 heteroatoms. The van der Waals surface area contributed by atoms with Gasteiger partial charge in [0.2, 0.25) is 5.91 Å². The fraction of sp³-hybridized carbons (Fsp3) is 0.619. The highest BCUT2D eigenvalue weighted by Gasteiger charge is 2.54. The quantitative estimate of drug-likeness (QED) is 0.768. The lowest BCUT2D eigenvalue weighted by atomic mass is 9.49. The van der Waals surface area contributed by atoms with Gasteiger partial charge in [-0.1, -0.05) is 30.3 Å². The number of ether oxygens (including phenoxy) is 1. The Hall–Kier alpha value is -1.88. The Balaban J connectivity index is 1.44. The summed E-state index contributed by atoms with van der Waals surface area (Å²) >= 11 is 0. The molecule has 26 heavy (non-hydrogen) atoms. The molecule has 0 spiro atoms. The van der Waals surface area contributed by atoms with Crippen molar-refractivity contribution in [3.05, 3.63) is 35.9 Å². The number of nitrogens with one attached hydrogen (secondary N) is 1. The van der Waals surface area contributed by atoms with Gasteiger partial charge in [-0.3, -0.25) is 9.59 Å². The van der Waals surface area contributed by atoms with Crippen LogP contribution < -0.4 is 11.1 Å². The molecule has 0 unspecified atom stereocenters. The number of nitrogens with two attached hydrogens (primary N) is 1. The van der Waals surface area contributed by atoms with Crippen molar-refractivity contribution in [1.82, 2.24) is 5.32 Å². The van der Waals surface area contributed by atoms with Crippen molar-refractivity contribution in [1.29, 1.82) is 0 Å². The summed E-state index contributed by atoms with van der Waals surface area (Å²) in [5.74, 6) is 1.88. The molecule has 140 valence electrons. The second-order valence-corrected chi connectivity index (χ2v) is 8.50. The van der Waals surface area contributed by atoms with Crippen LogP contribution in [0.5, 0.6) is 0 Å². The van der Waals surface area contributed by atoms with Crippen molar-refractivity contribution in [3.63, 3.8) is 0 Å². The van der Waals surface area contributed by atoms with Crippen LogP contribution in [0.1, 0.15) is 50.2 Å². The van der Waals surface area contributed by atoms with Gasteiger partial charge in [0.1, 0.15) is 6.10 Å². The number of amides is 1. The predicted molar refractivity (Wildman–Crippen MR) is 97.9 cm³/mol. The van der Waals surface area contributed by atoms with Gasteiger partial charge in [0.15, 0.2) is 0 Å². The number of carbonyl (C=O) groups excluding carboxylic acids is 2. The van der Waals surface area contributed by atoms with E-state index in [4.69, 9.17) is 10.5 Å². The lowest BCUT2D eigenvalue weighted by molar-refractivity contribution is -0.151. The monoisotopic (exact) mass is 356 g/mol. The van der Waals surface area contributed by atoms with Crippen LogP contribution >= 0.6 is 0 Å². The molecule has 1 atom stereocenters. The average Bonchev–Trinajstić information content (AvgIpc) is 2.64. The molecule has 0 heterocycles. The largest absolute Gasteiger partial charge is 0.455 e. The Kier molecular flexibility index (Phi) is 4.74. The van der Waals surface area contributed by atoms with Gasteiger partial charge in [-0.25, -0.2) is 0 Å². The van der Waals surface area contributed by atoms with Crippen molar-refractivity contribution < 1.29 is 14.3 Å². The lowest BCUT2D eigenvalue weighted by Crippen LogP contribution is -2.54. The molecule has 5 nitrogen and oxygen atoms in total. The Morgan fingerprint density at radius 2 is 1.65 bits per heavy atom. The van der Waals surface area contributed by atoms with Gasteiger partial charge < -0.3 is 15.8 Å². The number of benzene rings is 1. The van der Waals surface area contributed by atoms with E-state index in [2.05, 4.69) is 5.32 Å². The lowest BCUT2D eigenvalue weighted by Gasteiger charge is -2.55. The SMILES string of the molecule is NCC(=O)O[C@H](CNC(=O)C12CC3CC(CC(C3)C1)C2)c1ccccc1. The molecule has 3 N–H and O–H groups in total. The van der Waals surface area contributed by atoms with Crippen molar-refractivity contribution >= 4 is 11.9 Å². The van der Waals surface area contributed by atoms with E-state index in [1.807, 2.05) is 30.3 Å². The Bertz CT molecular complexity index is 638. The van der Waals surface area contributed by atoms with Crippen molar-refractivity contribution in [3.8, 4) is 0 Å². The van der Waals surface area contributed by atoms with Crippen molar-refractivity contribution in [2.75, 3.05) is 13.1 Å². The highest BCUT2D eigenvalue weighted by molar-refractivity contribution is 5.83. The normalized spacial score (nSPS) is 32.9. The molecule has 1 amide bonds. The van der Waals surface area contributed by atoms with Crippen LogP contribution in [-0.2, 0) is 14.3 Å². The maximum atomic E-state index is 13.1. The number of hydrogen-bond donors (Lipinski definition) is 2. The van der Waals surface area contributed by atoms with Crippen LogP contribution in [0.4, 0.5) is 0 Å². The summed E-state index contributed by atoms with van der Waals surface area (Å²) in [5, 5.41) is 3.11. The molecule has 1 aromatic rings. The Morgan fingerprint density at radius 1 is 1.08 bits per heavy atom. The zero-order chi connectivity index (χ0) is 18.1. The van der Waals surface area contributed by atoms with E-state index in [9.17, 15) is 9.59 Å². The smallest absolute Gasteiger partial charge is 0.320 e. The second-order valence-electron chi connectivity index (χ2n) is 8.50. The first-order valence-corrected chi connectivity index (χ1v) is 9.81. The van der Waals surface area contributed by atoms with Gasteiger partial charge in [0, 0.05) is 5.41 Å². The van der Waals surface area contributed by atoms with Gasteiger partial charge >= 0.3 is 5.97 Å². The third-order valence-corrected chi connectivity index (χ3v) is 6.58. The van der Waals surface area contributed by atoms with E-state index in [1.54, 1.807) is 0 Å². The summed E-state index contributed by atoms with van der Waals surface area (Å²) in [4.78, 5) is 24.8. The number of hydrogen-bond acceptors (Lipinski definition) is 4. The minimum absolute atomic E-state index is 0.154. The molecule has 1 aromatic carbocycles. The first-order valence-electron chi connectivity index (χ1n) is 9.81. The van der Waals surface area contributed by atoms with Crippen LogP contribution in [0.3, 0.4) is 0 Å². The Morgan fingerprint density at radius 3 is 2.19 bits per heavy atom. The van der Waals surface area contributed by atoms with E-state index in [-0.39, 0.29) is 17.9 Å². The fourth-order valence-electron chi connectivity index (χ4n) is 5.86. The summed E-state index contributed by atoms with van der Waals surface area (Å²) in [5.41, 5.74) is 6.08. The van der Waals surface area contributed by atoms with Gasteiger partial charge in [-0.15, -0.1) is 0 Å². The van der Waals surface area contributed by atoms with Crippen molar-refractivity contribution in [2.24, 2.45) is 28.9 Å². The molecular formula is C21H28N2O3. The molecule has 0 radical (unpaired) electrons. The van der Waals surface area contributed by atoms with Gasteiger partial charge in [-0.05, 0) is 61.8 Å². The van der Waals surface area contributed by atoms with Crippen LogP contribution in [0.15, 0.2) is 30.3 Å². The van der Waals surface area contributed by atoms with Crippen LogP contribution in [-0.4, -0.2) is 25.0 Å². The van der Waals surface area contributed by atoms with Crippen molar-refractivity contribution in [2.45, 2.75) is 44.6 Å². The average molecular weight is 356 g/mol. The zero-order valence-electron chi connectivity index (χ0n) is 15.2. The highest BCUT2D eigenvalue weighted by atomic mass is 16.5. The van der Waals surface area contributed by atoms with Crippen LogP contribution in [0.25, 0.3) is 0 Å². The maximum Gasteiger partial charge on any atom is 0.320 e. The maximum absolute atomic E-state index is 13.1. The summed E-state index contributed by atoms with van der Waals surface area (Å²) in [6.07, 6.45) is 6.54. The predicted octanol–water partition coefficient (Wildman–Crippen LogP) is 2.56. The summed E-state index contributed by atoms with van der Waals surface area (Å²) in [6, 6.07) is 9.54. The molecule has 0 aliphatic heterocycles. The molecule has 4 bridgehead atoms. The molecule has 4 aliphatic rings. The van der Waals surface area contributed by atoms with E-state index in [0.29, 0.717) is 6.54 Å². The Labute approximate surface area is 154 Å². The molecular weight excluding hydrogens is 328 g/mol. The minimum atomic E-state index is -0.495. The topological polar surface area (TPSA) is 81.4 Å². The number of carbonyl (C=O) groups is 2. The third-order valence-electron chi connectivity index (χ3n) is 6.58. The zero-order valence-corrected chi connectivity index (χ0v) is 15.2. The van der Waals surface area contributed by atoms with Gasteiger partial charge in [0.05, 0.1) is 13.1 Å². The molecule has 5 rings (SSSR count). The first-order chi connectivity index (χ1) is 12.6. The minimum Gasteiger partial charge on any atom is -0.455 e. The number of rotatable bonds is 6. The summed E-state index contributed by atoms with van der Waals surface area (Å²) in [7, 11) is 0. The summed E-state index contributed by atoms with van der Waals surface area (Å²) in [6.45, 7) is 0.141. The van der Waals surface area contributed by atoms with E-state index in [1.165, 1.54) is 19.3 Å². The molecule has 4 saturated carbocycles. The van der Waals surface area contributed by atoms with E-state index < -0.39 is 12.1 Å². The molecule has 0 aromatic heterocycles. The second kappa shape index (κ2) is 7.03. The first kappa shape index (κ1) is 17.5. The highest BCUT2D eigenvalue weighted by Crippen LogP contribution is 2.60. The van der Waals surface area contributed by atoms with Gasteiger partial charge in [-0.2, -0.15) is 0 Å². The molecule has 0 saturated heterocycles. The van der Waals surface area contributed by atoms with Crippen LogP contribution in [0.2, 0.25) is 0 Å². The van der Waals surface area contributed by atoms with E-state index in [0.717, 1.165) is 42.6 Å². The molecule has 4 fully saturated rings.